The molecule has 0 fully saturated rings. The lowest BCUT2D eigenvalue weighted by atomic mass is 10.0. The van der Waals surface area contributed by atoms with Crippen LogP contribution in [0.3, 0.4) is 0 Å². The van der Waals surface area contributed by atoms with Crippen LogP contribution in [0.25, 0.3) is 98.1 Å². The molecule has 0 saturated carbocycles. The van der Waals surface area contributed by atoms with Gasteiger partial charge in [0.1, 0.15) is 0 Å². The van der Waals surface area contributed by atoms with Gasteiger partial charge in [-0.05, 0) is 182 Å². The summed E-state index contributed by atoms with van der Waals surface area (Å²) in [7, 11) is 0. The highest BCUT2D eigenvalue weighted by atomic mass is 14.7. The normalized spacial score (nSPS) is 10.1. The Balaban J connectivity index is 0.000000127. The first-order valence-corrected chi connectivity index (χ1v) is 35.3. The van der Waals surface area contributed by atoms with Crippen molar-refractivity contribution in [3.8, 4) is 33.5 Å². The van der Waals surface area contributed by atoms with Gasteiger partial charge in [0.05, 0.1) is 5.69 Å². The van der Waals surface area contributed by atoms with Crippen molar-refractivity contribution in [2.24, 2.45) is 0 Å². The fourth-order valence-electron chi connectivity index (χ4n) is 11.5. The number of aromatic nitrogens is 7. The summed E-state index contributed by atoms with van der Waals surface area (Å²) in [5.74, 6) is 0. The van der Waals surface area contributed by atoms with E-state index in [1.807, 2.05) is 154 Å². The largest absolute Gasteiger partial charge is 0.264 e. The van der Waals surface area contributed by atoms with Crippen LogP contribution in [0.1, 0.15) is 50.2 Å². The van der Waals surface area contributed by atoms with Crippen molar-refractivity contribution in [1.82, 2.24) is 34.9 Å². The third-order valence-corrected chi connectivity index (χ3v) is 17.3. The number of benzene rings is 11. The minimum atomic E-state index is 1.03. The number of rotatable bonds is 3. The molecule has 0 spiro atoms. The highest BCUT2D eigenvalue weighted by molar-refractivity contribution is 5.87. The standard InChI is InChI=1S/2C13H12.C12H11N.6C10H9N/c1-11-6-5-9-13(10-11)12-7-3-2-4-8-12;1-11-7-9-13(10-8-11)12-5-3-2-4-6-12;1-10-5-7-11(8-6-10)12-4-2-3-9-13-12;1-8-2-3-10-7-11-5-4-9(10)6-8;1-8-2-3-9-4-5-11-7-10(9)6-8;1-8-3-2-4-9-7-11-6-5-10(8)9;1-8-3-2-4-9-5-6-11-7-10(8)9;1-8-6-11-7-9-4-2-3-5-10(8)9;1-8-6-9-4-2-3-5-10(9)7-11-8/h2*2-10H,1H3;2-9H,1H3;6*2-7H,1H3. The molecule has 0 amide bonds. The molecule has 0 N–H and O–H groups in total. The Labute approximate surface area is 619 Å². The number of hydrogen-bond acceptors (Lipinski definition) is 7. The van der Waals surface area contributed by atoms with E-state index >= 15 is 0 Å². The van der Waals surface area contributed by atoms with E-state index in [-0.39, 0.29) is 0 Å². The first kappa shape index (κ1) is 74.7. The zero-order valence-electron chi connectivity index (χ0n) is 61.4. The second-order valence-electron chi connectivity index (χ2n) is 25.7. The molecular weight excluding hydrogens is 1280 g/mol. The molecule has 18 rings (SSSR count). The summed E-state index contributed by atoms with van der Waals surface area (Å²) in [5.41, 5.74) is 18.7. The average molecular weight is 1360 g/mol. The number of fused-ring (bicyclic) bond motifs is 6. The summed E-state index contributed by atoms with van der Waals surface area (Å²) in [6, 6.07) is 104. The molecule has 7 heterocycles. The SMILES string of the molecule is Cc1cc2ccccc2cn1.Cc1ccc(-c2ccccc2)cc1.Cc1ccc(-c2ccccn2)cc1.Cc1ccc2ccncc2c1.Cc1ccc2cnccc2c1.Cc1cccc(-c2ccccc2)c1.Cc1cccc2ccncc12.Cc1cccc2cnccc12.Cc1cncc2ccccc12. The molecule has 0 aliphatic rings. The van der Waals surface area contributed by atoms with Gasteiger partial charge in [-0.15, -0.1) is 0 Å². The minimum Gasteiger partial charge on any atom is -0.264 e. The van der Waals surface area contributed by atoms with Crippen LogP contribution >= 0.6 is 0 Å². The molecule has 105 heavy (non-hydrogen) atoms. The monoisotopic (exact) mass is 1360 g/mol. The summed E-state index contributed by atoms with van der Waals surface area (Å²) in [4.78, 5) is 28.8. The molecular formula is C98H89N7. The van der Waals surface area contributed by atoms with Crippen LogP contribution in [-0.4, -0.2) is 34.9 Å². The van der Waals surface area contributed by atoms with Crippen molar-refractivity contribution in [2.45, 2.75) is 62.3 Å². The minimum absolute atomic E-state index is 1.03. The number of hydrogen-bond donors (Lipinski definition) is 0. The first-order valence-electron chi connectivity index (χ1n) is 35.3. The second kappa shape index (κ2) is 39.3. The predicted molar refractivity (Wildman–Crippen MR) is 447 cm³/mol. The van der Waals surface area contributed by atoms with E-state index in [9.17, 15) is 0 Å². The number of aryl methyl sites for hydroxylation is 9. The van der Waals surface area contributed by atoms with Gasteiger partial charge in [0.15, 0.2) is 0 Å². The van der Waals surface area contributed by atoms with Gasteiger partial charge < -0.3 is 0 Å². The topological polar surface area (TPSA) is 90.2 Å². The van der Waals surface area contributed by atoms with E-state index in [0.717, 1.165) is 11.4 Å². The molecule has 18 aromatic rings. The quantitative estimate of drug-likeness (QED) is 0.174. The molecule has 7 aromatic heterocycles. The van der Waals surface area contributed by atoms with Crippen LogP contribution in [0.4, 0.5) is 0 Å². The summed E-state index contributed by atoms with van der Waals surface area (Å²) in [6.45, 7) is 18.8. The van der Waals surface area contributed by atoms with Crippen molar-refractivity contribution < 1.29 is 0 Å². The van der Waals surface area contributed by atoms with Gasteiger partial charge in [-0.25, -0.2) is 0 Å². The molecule has 0 aliphatic heterocycles. The summed E-state index contributed by atoms with van der Waals surface area (Å²) < 4.78 is 0. The van der Waals surface area contributed by atoms with Crippen molar-refractivity contribution in [1.29, 1.82) is 0 Å². The highest BCUT2D eigenvalue weighted by Gasteiger charge is 2.01. The maximum atomic E-state index is 4.28. The Morgan fingerprint density at radius 1 is 0.181 bits per heavy atom. The Morgan fingerprint density at radius 2 is 0.610 bits per heavy atom. The van der Waals surface area contributed by atoms with Crippen LogP contribution in [0.2, 0.25) is 0 Å². The maximum Gasteiger partial charge on any atom is 0.0701 e. The third kappa shape index (κ3) is 23.3. The molecule has 7 heteroatoms. The Hall–Kier alpha value is -13.0. The van der Waals surface area contributed by atoms with Gasteiger partial charge in [0.2, 0.25) is 0 Å². The van der Waals surface area contributed by atoms with Gasteiger partial charge in [0, 0.05) is 118 Å². The highest BCUT2D eigenvalue weighted by Crippen LogP contribution is 2.23. The third-order valence-electron chi connectivity index (χ3n) is 17.3. The maximum absolute atomic E-state index is 4.28. The molecule has 0 radical (unpaired) electrons. The molecule has 0 unspecified atom stereocenters. The van der Waals surface area contributed by atoms with E-state index in [2.05, 4.69) is 321 Å². The Morgan fingerprint density at radius 3 is 1.25 bits per heavy atom. The van der Waals surface area contributed by atoms with Crippen molar-refractivity contribution in [2.75, 3.05) is 0 Å². The summed E-state index contributed by atoms with van der Waals surface area (Å²) in [6.07, 6.45) is 22.4. The van der Waals surface area contributed by atoms with E-state index in [1.54, 1.807) is 0 Å². The lowest BCUT2D eigenvalue weighted by molar-refractivity contribution is 1.22. The second-order valence-corrected chi connectivity index (χ2v) is 25.7. The Bertz CT molecular complexity index is 5170. The van der Waals surface area contributed by atoms with Crippen molar-refractivity contribution >= 4 is 64.6 Å². The van der Waals surface area contributed by atoms with Gasteiger partial charge in [-0.2, -0.15) is 0 Å². The molecule has 516 valence electrons. The van der Waals surface area contributed by atoms with Gasteiger partial charge in [-0.3, -0.25) is 34.9 Å². The summed E-state index contributed by atoms with van der Waals surface area (Å²) >= 11 is 0. The Kier molecular flexibility index (Phi) is 28.0. The molecule has 0 bridgehead atoms. The lowest BCUT2D eigenvalue weighted by Gasteiger charge is -2.01. The fourth-order valence-corrected chi connectivity index (χ4v) is 11.5. The average Bonchev–Trinajstić information content (AvgIpc) is 0.862. The van der Waals surface area contributed by atoms with Crippen LogP contribution < -0.4 is 0 Å². The lowest BCUT2D eigenvalue weighted by Crippen LogP contribution is -1.81. The molecule has 0 atom stereocenters. The first-order chi connectivity index (χ1) is 51.3. The van der Waals surface area contributed by atoms with E-state index in [1.165, 1.54) is 137 Å². The molecule has 11 aromatic carbocycles. The smallest absolute Gasteiger partial charge is 0.0701 e. The van der Waals surface area contributed by atoms with E-state index in [0.29, 0.717) is 0 Å². The molecule has 0 saturated heterocycles. The molecule has 7 nitrogen and oxygen atoms in total. The summed E-state index contributed by atoms with van der Waals surface area (Å²) in [5, 5.41) is 14.9. The number of pyridine rings is 7. The van der Waals surface area contributed by atoms with Gasteiger partial charge in [0.25, 0.3) is 0 Å². The molecule has 0 aliphatic carbocycles. The van der Waals surface area contributed by atoms with Crippen LogP contribution in [0, 0.1) is 62.3 Å². The van der Waals surface area contributed by atoms with Crippen LogP contribution in [0.5, 0.6) is 0 Å². The van der Waals surface area contributed by atoms with E-state index < -0.39 is 0 Å². The van der Waals surface area contributed by atoms with Gasteiger partial charge >= 0.3 is 0 Å². The van der Waals surface area contributed by atoms with E-state index in [4.69, 9.17) is 0 Å². The number of nitrogens with zero attached hydrogens (tertiary/aromatic N) is 7. The van der Waals surface area contributed by atoms with Crippen molar-refractivity contribution in [3.05, 3.63) is 428 Å². The van der Waals surface area contributed by atoms with Crippen molar-refractivity contribution in [3.63, 3.8) is 0 Å². The zero-order chi connectivity index (χ0) is 73.4. The van der Waals surface area contributed by atoms with Crippen LogP contribution in [0.15, 0.2) is 378 Å². The fraction of sp³-hybridized carbons (Fsp3) is 0.0918. The predicted octanol–water partition coefficient (Wildman–Crippen LogP) is 25.6. The van der Waals surface area contributed by atoms with Gasteiger partial charge in [-0.1, -0.05) is 283 Å². The van der Waals surface area contributed by atoms with Crippen LogP contribution in [-0.2, 0) is 0 Å². The zero-order valence-corrected chi connectivity index (χ0v) is 61.4.